The van der Waals surface area contributed by atoms with E-state index in [1.807, 2.05) is 12.1 Å². The second kappa shape index (κ2) is 6.74. The average molecular weight is 286 g/mol. The van der Waals surface area contributed by atoms with Crippen LogP contribution in [0, 0.1) is 5.92 Å². The van der Waals surface area contributed by atoms with Crippen LogP contribution in [0.1, 0.15) is 73.7 Å². The number of ether oxygens (including phenoxy) is 1. The summed E-state index contributed by atoms with van der Waals surface area (Å²) in [7, 11) is 0. The molecule has 1 aromatic carbocycles. The van der Waals surface area contributed by atoms with Crippen LogP contribution in [0.25, 0.3) is 0 Å². The van der Waals surface area contributed by atoms with Gasteiger partial charge in [-0.3, -0.25) is 4.79 Å². The van der Waals surface area contributed by atoms with E-state index in [0.29, 0.717) is 5.92 Å². The second-order valence-corrected chi connectivity index (χ2v) is 6.53. The summed E-state index contributed by atoms with van der Waals surface area (Å²) < 4.78 is 5.66. The highest BCUT2D eigenvalue weighted by Gasteiger charge is 2.33. The molecule has 1 aromatic rings. The maximum Gasteiger partial charge on any atom is 0.168 e. The Morgan fingerprint density at radius 1 is 1.10 bits per heavy atom. The lowest BCUT2D eigenvalue weighted by atomic mass is 9.83. The molecule has 3 rings (SSSR count). The maximum absolute atomic E-state index is 12.6. The van der Waals surface area contributed by atoms with Crippen LogP contribution in [0.5, 0.6) is 0 Å². The number of hydrogen-bond donors (Lipinski definition) is 0. The fraction of sp³-hybridized carbons (Fsp3) is 0.632. The minimum absolute atomic E-state index is 0.0653. The van der Waals surface area contributed by atoms with Gasteiger partial charge in [-0.1, -0.05) is 50.5 Å². The number of carbonyl (C=O) groups excluding carboxylic acids is 1. The molecule has 1 aliphatic heterocycles. The lowest BCUT2D eigenvalue weighted by molar-refractivity contribution is 0.0689. The highest BCUT2D eigenvalue weighted by Crippen LogP contribution is 2.33. The predicted molar refractivity (Wildman–Crippen MR) is 84.7 cm³/mol. The van der Waals surface area contributed by atoms with Crippen molar-refractivity contribution in [3.8, 4) is 0 Å². The summed E-state index contributed by atoms with van der Waals surface area (Å²) in [4.78, 5) is 12.6. The zero-order chi connectivity index (χ0) is 14.7. The van der Waals surface area contributed by atoms with Crippen LogP contribution in [-0.4, -0.2) is 18.5 Å². The summed E-state index contributed by atoms with van der Waals surface area (Å²) in [6.07, 6.45) is 8.62. The van der Waals surface area contributed by atoms with Gasteiger partial charge in [0, 0.05) is 12.2 Å². The van der Waals surface area contributed by atoms with E-state index in [-0.39, 0.29) is 17.8 Å². The fourth-order valence-corrected chi connectivity index (χ4v) is 3.92. The molecule has 1 saturated carbocycles. The SMILES string of the molecule is CCC1OCCC1C(=O)c1ccc(C2CCCCC2)cc1. The third-order valence-electron chi connectivity index (χ3n) is 5.22. The second-order valence-electron chi connectivity index (χ2n) is 6.53. The molecule has 0 spiro atoms. The lowest BCUT2D eigenvalue weighted by Gasteiger charge is -2.22. The van der Waals surface area contributed by atoms with Crippen LogP contribution in [-0.2, 0) is 4.74 Å². The van der Waals surface area contributed by atoms with Gasteiger partial charge in [-0.2, -0.15) is 0 Å². The van der Waals surface area contributed by atoms with Gasteiger partial charge in [0.1, 0.15) is 0 Å². The summed E-state index contributed by atoms with van der Waals surface area (Å²) in [6, 6.07) is 8.44. The topological polar surface area (TPSA) is 26.3 Å². The first kappa shape index (κ1) is 14.8. The Balaban J connectivity index is 1.70. The Labute approximate surface area is 127 Å². The van der Waals surface area contributed by atoms with E-state index in [0.717, 1.165) is 25.0 Å². The van der Waals surface area contributed by atoms with Crippen molar-refractivity contribution in [2.45, 2.75) is 63.9 Å². The average Bonchev–Trinajstić information content (AvgIpc) is 3.04. The van der Waals surface area contributed by atoms with Crippen molar-refractivity contribution in [3.05, 3.63) is 35.4 Å². The van der Waals surface area contributed by atoms with E-state index in [1.54, 1.807) is 0 Å². The molecule has 2 aliphatic rings. The van der Waals surface area contributed by atoms with E-state index < -0.39 is 0 Å². The smallest absolute Gasteiger partial charge is 0.168 e. The fourth-order valence-electron chi connectivity index (χ4n) is 3.92. The number of Topliss-reactive ketones (excluding diaryl/α,β-unsaturated/α-hetero) is 1. The number of ketones is 1. The maximum atomic E-state index is 12.6. The quantitative estimate of drug-likeness (QED) is 0.748. The van der Waals surface area contributed by atoms with Gasteiger partial charge in [0.2, 0.25) is 0 Å². The molecule has 2 unspecified atom stereocenters. The first-order valence-corrected chi connectivity index (χ1v) is 8.55. The summed E-state index contributed by atoms with van der Waals surface area (Å²) in [5, 5.41) is 0. The van der Waals surface area contributed by atoms with Gasteiger partial charge >= 0.3 is 0 Å². The van der Waals surface area contributed by atoms with Gasteiger partial charge in [-0.15, -0.1) is 0 Å². The van der Waals surface area contributed by atoms with E-state index >= 15 is 0 Å². The summed E-state index contributed by atoms with van der Waals surface area (Å²) in [6.45, 7) is 2.83. The number of carbonyl (C=O) groups is 1. The Morgan fingerprint density at radius 3 is 2.48 bits per heavy atom. The molecule has 2 heteroatoms. The van der Waals surface area contributed by atoms with Crippen molar-refractivity contribution in [1.82, 2.24) is 0 Å². The predicted octanol–water partition coefficient (Wildman–Crippen LogP) is 4.73. The minimum Gasteiger partial charge on any atom is -0.377 e. The van der Waals surface area contributed by atoms with E-state index in [2.05, 4.69) is 19.1 Å². The highest BCUT2D eigenvalue weighted by atomic mass is 16.5. The molecule has 2 fully saturated rings. The summed E-state index contributed by atoms with van der Waals surface area (Å²) in [5.41, 5.74) is 2.28. The van der Waals surface area contributed by atoms with Crippen LogP contribution in [0.2, 0.25) is 0 Å². The zero-order valence-electron chi connectivity index (χ0n) is 13.0. The van der Waals surface area contributed by atoms with E-state index in [9.17, 15) is 4.79 Å². The molecule has 1 saturated heterocycles. The van der Waals surface area contributed by atoms with Crippen molar-refractivity contribution in [3.63, 3.8) is 0 Å². The van der Waals surface area contributed by atoms with Crippen LogP contribution >= 0.6 is 0 Å². The van der Waals surface area contributed by atoms with Crippen molar-refractivity contribution in [2.24, 2.45) is 5.92 Å². The van der Waals surface area contributed by atoms with Crippen LogP contribution < -0.4 is 0 Å². The molecule has 1 aliphatic carbocycles. The zero-order valence-corrected chi connectivity index (χ0v) is 13.0. The first-order chi connectivity index (χ1) is 10.3. The molecule has 1 heterocycles. The van der Waals surface area contributed by atoms with Crippen molar-refractivity contribution in [2.75, 3.05) is 6.61 Å². The molecule has 2 nitrogen and oxygen atoms in total. The van der Waals surface area contributed by atoms with Crippen molar-refractivity contribution >= 4 is 5.78 Å². The molecule has 0 N–H and O–H groups in total. The largest absolute Gasteiger partial charge is 0.377 e. The third kappa shape index (κ3) is 3.21. The van der Waals surface area contributed by atoms with Crippen molar-refractivity contribution in [1.29, 1.82) is 0 Å². The molecule has 21 heavy (non-hydrogen) atoms. The minimum atomic E-state index is 0.0653. The van der Waals surface area contributed by atoms with Crippen LogP contribution in [0.3, 0.4) is 0 Å². The Hall–Kier alpha value is -1.15. The van der Waals surface area contributed by atoms with Gasteiger partial charge in [-0.05, 0) is 37.2 Å². The highest BCUT2D eigenvalue weighted by molar-refractivity contribution is 5.98. The van der Waals surface area contributed by atoms with E-state index in [4.69, 9.17) is 4.74 Å². The monoisotopic (exact) mass is 286 g/mol. The van der Waals surface area contributed by atoms with Gasteiger partial charge in [-0.25, -0.2) is 0 Å². The Kier molecular flexibility index (Phi) is 4.74. The first-order valence-electron chi connectivity index (χ1n) is 8.55. The van der Waals surface area contributed by atoms with Gasteiger partial charge < -0.3 is 4.74 Å². The van der Waals surface area contributed by atoms with Gasteiger partial charge in [0.25, 0.3) is 0 Å². The Bertz CT molecular complexity index is 471. The molecule has 0 amide bonds. The molecular weight excluding hydrogens is 260 g/mol. The summed E-state index contributed by atoms with van der Waals surface area (Å²) in [5.74, 6) is 1.05. The van der Waals surface area contributed by atoms with Gasteiger partial charge in [0.05, 0.1) is 12.0 Å². The standard InChI is InChI=1S/C19H26O2/c1-2-18-17(12-13-21-18)19(20)16-10-8-15(9-11-16)14-6-4-3-5-7-14/h8-11,14,17-18H,2-7,12-13H2,1H3. The molecule has 0 radical (unpaired) electrons. The Morgan fingerprint density at radius 2 is 1.81 bits per heavy atom. The molecule has 2 atom stereocenters. The van der Waals surface area contributed by atoms with E-state index in [1.165, 1.54) is 37.7 Å². The normalized spacial score (nSPS) is 26.9. The lowest BCUT2D eigenvalue weighted by Crippen LogP contribution is -2.23. The van der Waals surface area contributed by atoms with Crippen LogP contribution in [0.4, 0.5) is 0 Å². The van der Waals surface area contributed by atoms with Crippen LogP contribution in [0.15, 0.2) is 24.3 Å². The number of benzene rings is 1. The molecule has 114 valence electrons. The van der Waals surface area contributed by atoms with Gasteiger partial charge in [0.15, 0.2) is 5.78 Å². The molecular formula is C19H26O2. The third-order valence-corrected chi connectivity index (χ3v) is 5.22. The summed E-state index contributed by atoms with van der Waals surface area (Å²) >= 11 is 0. The molecule has 0 aromatic heterocycles. The number of rotatable bonds is 4. The molecule has 0 bridgehead atoms. The number of hydrogen-bond acceptors (Lipinski definition) is 2. The van der Waals surface area contributed by atoms with Crippen molar-refractivity contribution < 1.29 is 9.53 Å².